The van der Waals surface area contributed by atoms with Crippen LogP contribution in [0.15, 0.2) is 30.3 Å². The number of hydrogen-bond acceptors (Lipinski definition) is 5. The molecular weight excluding hydrogens is 224 g/mol. The van der Waals surface area contributed by atoms with Crippen LogP contribution in [0.5, 0.6) is 0 Å². The summed E-state index contributed by atoms with van der Waals surface area (Å²) in [5, 5.41) is 10.2. The molecule has 0 fully saturated rings. The van der Waals surface area contributed by atoms with Crippen LogP contribution >= 0.6 is 0 Å². The molecular formula is C12H16O5. The summed E-state index contributed by atoms with van der Waals surface area (Å²) in [5.41, 5.74) is 0.501. The third kappa shape index (κ3) is 2.46. The van der Waals surface area contributed by atoms with Crippen molar-refractivity contribution >= 4 is 5.97 Å². The Hall–Kier alpha value is -1.43. The Kier molecular flexibility index (Phi) is 4.62. The summed E-state index contributed by atoms with van der Waals surface area (Å²) < 4.78 is 14.6. The number of hydrogen-bond donors (Lipinski definition) is 1. The smallest absolute Gasteiger partial charge is 0.369 e. The molecule has 17 heavy (non-hydrogen) atoms. The molecule has 0 heterocycles. The zero-order chi connectivity index (χ0) is 12.9. The number of carbonyl (C=O) groups excluding carboxylic acids is 1. The minimum atomic E-state index is -1.85. The van der Waals surface area contributed by atoms with Crippen molar-refractivity contribution in [3.63, 3.8) is 0 Å². The lowest BCUT2D eigenvalue weighted by Gasteiger charge is -2.32. The number of ether oxygens (including phenoxy) is 3. The van der Waals surface area contributed by atoms with Gasteiger partial charge in [0.2, 0.25) is 0 Å². The van der Waals surface area contributed by atoms with Gasteiger partial charge in [0, 0.05) is 14.2 Å². The fourth-order valence-electron chi connectivity index (χ4n) is 1.58. The van der Waals surface area contributed by atoms with Gasteiger partial charge in [-0.1, -0.05) is 30.3 Å². The number of esters is 1. The van der Waals surface area contributed by atoms with Gasteiger partial charge in [-0.15, -0.1) is 0 Å². The van der Waals surface area contributed by atoms with Crippen molar-refractivity contribution in [2.75, 3.05) is 21.3 Å². The summed E-state index contributed by atoms with van der Waals surface area (Å²) in [7, 11) is 3.74. The minimum absolute atomic E-state index is 0.501. The van der Waals surface area contributed by atoms with Gasteiger partial charge in [0.25, 0.3) is 5.79 Å². The first kappa shape index (κ1) is 13.6. The van der Waals surface area contributed by atoms with E-state index in [1.165, 1.54) is 21.3 Å². The second-order valence-electron chi connectivity index (χ2n) is 3.38. The summed E-state index contributed by atoms with van der Waals surface area (Å²) in [6, 6.07) is 8.62. The van der Waals surface area contributed by atoms with Crippen LogP contribution in [0.1, 0.15) is 11.7 Å². The van der Waals surface area contributed by atoms with Gasteiger partial charge >= 0.3 is 5.97 Å². The highest BCUT2D eigenvalue weighted by Crippen LogP contribution is 2.30. The summed E-state index contributed by atoms with van der Waals surface area (Å²) in [4.78, 5) is 11.7. The topological polar surface area (TPSA) is 65.0 Å². The highest BCUT2D eigenvalue weighted by atomic mass is 16.7. The minimum Gasteiger partial charge on any atom is -0.465 e. The zero-order valence-electron chi connectivity index (χ0n) is 10.0. The van der Waals surface area contributed by atoms with Crippen LogP contribution in [-0.2, 0) is 19.0 Å². The van der Waals surface area contributed by atoms with Crippen molar-refractivity contribution in [2.24, 2.45) is 0 Å². The Morgan fingerprint density at radius 2 is 1.71 bits per heavy atom. The first-order chi connectivity index (χ1) is 8.12. The van der Waals surface area contributed by atoms with Gasteiger partial charge in [0.15, 0.2) is 0 Å². The van der Waals surface area contributed by atoms with Gasteiger partial charge < -0.3 is 19.3 Å². The summed E-state index contributed by atoms with van der Waals surface area (Å²) in [6.45, 7) is 0. The quantitative estimate of drug-likeness (QED) is 0.611. The summed E-state index contributed by atoms with van der Waals surface area (Å²) in [6.07, 6.45) is -1.27. The number of aliphatic hydroxyl groups is 1. The van der Waals surface area contributed by atoms with E-state index in [9.17, 15) is 9.90 Å². The Labute approximate surface area is 99.9 Å². The predicted octanol–water partition coefficient (Wildman–Crippen LogP) is 0.882. The van der Waals surface area contributed by atoms with E-state index >= 15 is 0 Å². The lowest BCUT2D eigenvalue weighted by atomic mass is 10.0. The maximum absolute atomic E-state index is 11.7. The molecule has 0 aromatic heterocycles. The first-order valence-corrected chi connectivity index (χ1v) is 5.04. The van der Waals surface area contributed by atoms with Gasteiger partial charge in [0.05, 0.1) is 7.11 Å². The maximum atomic E-state index is 11.7. The van der Waals surface area contributed by atoms with E-state index in [1.807, 2.05) is 0 Å². The molecule has 0 aliphatic heterocycles. The molecule has 0 radical (unpaired) electrons. The van der Waals surface area contributed by atoms with Crippen LogP contribution in [0.25, 0.3) is 0 Å². The van der Waals surface area contributed by atoms with Gasteiger partial charge in [-0.3, -0.25) is 0 Å². The molecule has 1 aromatic rings. The maximum Gasteiger partial charge on any atom is 0.369 e. The van der Waals surface area contributed by atoms with Gasteiger partial charge in [0.1, 0.15) is 6.10 Å². The molecule has 5 heteroatoms. The van der Waals surface area contributed by atoms with E-state index in [0.29, 0.717) is 5.56 Å². The Morgan fingerprint density at radius 1 is 1.18 bits per heavy atom. The average Bonchev–Trinajstić information content (AvgIpc) is 2.41. The lowest BCUT2D eigenvalue weighted by Crippen LogP contribution is -2.49. The van der Waals surface area contributed by atoms with Crippen molar-refractivity contribution < 1.29 is 24.1 Å². The normalized spacial score (nSPS) is 13.2. The fraction of sp³-hybridized carbons (Fsp3) is 0.417. The molecule has 1 rings (SSSR count). The Morgan fingerprint density at radius 3 is 2.12 bits per heavy atom. The van der Waals surface area contributed by atoms with Gasteiger partial charge in [-0.25, -0.2) is 4.79 Å². The van der Waals surface area contributed by atoms with E-state index in [4.69, 9.17) is 9.47 Å². The lowest BCUT2D eigenvalue weighted by molar-refractivity contribution is -0.263. The first-order valence-electron chi connectivity index (χ1n) is 5.04. The largest absolute Gasteiger partial charge is 0.465 e. The number of carbonyl (C=O) groups is 1. The van der Waals surface area contributed by atoms with Crippen LogP contribution in [-0.4, -0.2) is 38.2 Å². The molecule has 5 nitrogen and oxygen atoms in total. The number of rotatable bonds is 5. The molecule has 0 aliphatic carbocycles. The third-order valence-electron chi connectivity index (χ3n) is 2.55. The Bertz CT molecular complexity index is 358. The fourth-order valence-corrected chi connectivity index (χ4v) is 1.58. The van der Waals surface area contributed by atoms with Crippen molar-refractivity contribution in [1.82, 2.24) is 0 Å². The second kappa shape index (κ2) is 5.77. The van der Waals surface area contributed by atoms with Gasteiger partial charge in [-0.05, 0) is 5.56 Å². The Balaban J connectivity index is 3.11. The highest BCUT2D eigenvalue weighted by Gasteiger charge is 2.48. The SMILES string of the molecule is COC(=O)C(OC)(OC)C(O)c1ccccc1. The molecule has 0 spiro atoms. The molecule has 0 saturated carbocycles. The van der Waals surface area contributed by atoms with E-state index in [0.717, 1.165) is 0 Å². The molecule has 0 bridgehead atoms. The molecule has 94 valence electrons. The van der Waals surface area contributed by atoms with Crippen molar-refractivity contribution in [1.29, 1.82) is 0 Å². The standard InChI is InChI=1S/C12H16O5/c1-15-11(14)12(16-2,17-3)10(13)9-7-5-4-6-8-9/h4-8,10,13H,1-3H3. The van der Waals surface area contributed by atoms with E-state index in [2.05, 4.69) is 4.74 Å². The van der Waals surface area contributed by atoms with E-state index in [1.54, 1.807) is 30.3 Å². The number of methoxy groups -OCH3 is 3. The predicted molar refractivity (Wildman–Crippen MR) is 60.2 cm³/mol. The number of benzene rings is 1. The third-order valence-corrected chi connectivity index (χ3v) is 2.55. The molecule has 1 N–H and O–H groups in total. The molecule has 0 saturated heterocycles. The van der Waals surface area contributed by atoms with Crippen LogP contribution in [0.2, 0.25) is 0 Å². The molecule has 1 atom stereocenters. The van der Waals surface area contributed by atoms with E-state index in [-0.39, 0.29) is 0 Å². The van der Waals surface area contributed by atoms with Crippen molar-refractivity contribution in [3.8, 4) is 0 Å². The van der Waals surface area contributed by atoms with Crippen molar-refractivity contribution in [3.05, 3.63) is 35.9 Å². The summed E-state index contributed by atoms with van der Waals surface area (Å²) in [5.74, 6) is -2.64. The van der Waals surface area contributed by atoms with Crippen molar-refractivity contribution in [2.45, 2.75) is 11.9 Å². The second-order valence-corrected chi connectivity index (χ2v) is 3.38. The van der Waals surface area contributed by atoms with Crippen LogP contribution in [0, 0.1) is 0 Å². The van der Waals surface area contributed by atoms with Crippen LogP contribution in [0.3, 0.4) is 0 Å². The van der Waals surface area contributed by atoms with Gasteiger partial charge in [-0.2, -0.15) is 0 Å². The number of aliphatic hydroxyl groups excluding tert-OH is 1. The highest BCUT2D eigenvalue weighted by molar-refractivity contribution is 5.79. The van der Waals surface area contributed by atoms with E-state index < -0.39 is 17.9 Å². The average molecular weight is 240 g/mol. The zero-order valence-corrected chi connectivity index (χ0v) is 10.0. The summed E-state index contributed by atoms with van der Waals surface area (Å²) >= 11 is 0. The van der Waals surface area contributed by atoms with Crippen LogP contribution in [0.4, 0.5) is 0 Å². The molecule has 1 unspecified atom stereocenters. The molecule has 0 aliphatic rings. The monoisotopic (exact) mass is 240 g/mol. The molecule has 1 aromatic carbocycles. The van der Waals surface area contributed by atoms with Crippen LogP contribution < -0.4 is 0 Å². The molecule has 0 amide bonds.